The smallest absolute Gasteiger partial charge is 0.229 e. The van der Waals surface area contributed by atoms with Crippen molar-refractivity contribution in [1.29, 1.82) is 0 Å². The molecule has 232 valence electrons. The molecule has 44 heavy (non-hydrogen) atoms. The van der Waals surface area contributed by atoms with Gasteiger partial charge in [0.1, 0.15) is 10.8 Å². The summed E-state index contributed by atoms with van der Waals surface area (Å²) >= 11 is 6.51. The van der Waals surface area contributed by atoms with Crippen molar-refractivity contribution in [3.63, 3.8) is 0 Å². The van der Waals surface area contributed by atoms with Crippen LogP contribution in [-0.2, 0) is 22.0 Å². The van der Waals surface area contributed by atoms with Gasteiger partial charge in [0.15, 0.2) is 15.7 Å². The van der Waals surface area contributed by atoms with E-state index < -0.39 is 9.84 Å². The Balaban J connectivity index is 1.25. The normalized spacial score (nSPS) is 16.2. The van der Waals surface area contributed by atoms with Crippen molar-refractivity contribution in [3.8, 4) is 5.75 Å². The van der Waals surface area contributed by atoms with Crippen LogP contribution in [0.1, 0.15) is 31.9 Å². The zero-order valence-electron chi connectivity index (χ0n) is 25.6. The SMILES string of the molecule is CCc1cc(Nc2ncc(Cl)c(Nc3ccc4nccnc4c3CS(C)(=O)=O)n2)c(OC)cc1N1CC2(C1)CN(C(C)C)C2. The molecule has 4 aromatic rings. The fourth-order valence-corrected chi connectivity index (χ4v) is 7.11. The van der Waals surface area contributed by atoms with Gasteiger partial charge in [0, 0.05) is 79.3 Å². The Morgan fingerprint density at radius 3 is 2.48 bits per heavy atom. The minimum atomic E-state index is -3.38. The monoisotopic (exact) mass is 636 g/mol. The summed E-state index contributed by atoms with van der Waals surface area (Å²) in [6, 6.07) is 8.30. The number of hydrogen-bond donors (Lipinski definition) is 2. The van der Waals surface area contributed by atoms with E-state index in [1.54, 1.807) is 25.4 Å². The van der Waals surface area contributed by atoms with Gasteiger partial charge in [-0.2, -0.15) is 4.98 Å². The second-order valence-corrected chi connectivity index (χ2v) is 14.7. The summed E-state index contributed by atoms with van der Waals surface area (Å²) in [6.07, 6.45) is 6.64. The number of ether oxygens (including phenoxy) is 1. The number of nitrogens with zero attached hydrogens (tertiary/aromatic N) is 6. The highest BCUT2D eigenvalue weighted by atomic mass is 35.5. The van der Waals surface area contributed by atoms with Gasteiger partial charge in [0.25, 0.3) is 0 Å². The largest absolute Gasteiger partial charge is 0.494 e. The van der Waals surface area contributed by atoms with Crippen LogP contribution in [0.4, 0.5) is 28.8 Å². The van der Waals surface area contributed by atoms with Gasteiger partial charge >= 0.3 is 0 Å². The number of rotatable bonds is 10. The number of likely N-dealkylation sites (tertiary alicyclic amines) is 1. The molecule has 0 bridgehead atoms. The summed E-state index contributed by atoms with van der Waals surface area (Å²) in [7, 11) is -1.73. The van der Waals surface area contributed by atoms with Crippen LogP contribution in [0.5, 0.6) is 5.75 Å². The molecule has 1 spiro atoms. The van der Waals surface area contributed by atoms with Crippen molar-refractivity contribution in [2.24, 2.45) is 5.41 Å². The zero-order chi connectivity index (χ0) is 31.2. The van der Waals surface area contributed by atoms with E-state index in [9.17, 15) is 8.42 Å². The van der Waals surface area contributed by atoms with E-state index in [0.717, 1.165) is 38.3 Å². The van der Waals surface area contributed by atoms with Crippen LogP contribution in [0, 0.1) is 5.41 Å². The highest BCUT2D eigenvalue weighted by Crippen LogP contribution is 2.45. The van der Waals surface area contributed by atoms with Crippen molar-refractivity contribution in [2.75, 3.05) is 55.1 Å². The van der Waals surface area contributed by atoms with Gasteiger partial charge in [-0.3, -0.25) is 14.9 Å². The Morgan fingerprint density at radius 1 is 1.05 bits per heavy atom. The molecule has 13 heteroatoms. The van der Waals surface area contributed by atoms with E-state index in [1.807, 2.05) is 0 Å². The van der Waals surface area contributed by atoms with E-state index in [0.29, 0.717) is 51.3 Å². The third-order valence-electron chi connectivity index (χ3n) is 8.38. The summed E-state index contributed by atoms with van der Waals surface area (Å²) in [4.78, 5) is 22.7. The molecule has 0 saturated carbocycles. The standard InChI is InChI=1S/C31H37ClN8O3S/c1-6-20-11-25(27(43-4)12-26(20)40-17-31(18-40)15-39(16-31)19(2)3)37-30-35-13-22(32)29(38-30)36-23-7-8-24-28(34-10-9-33-24)21(23)14-44(5,41)42/h7-13,19H,6,14-18H2,1-5H3,(H2,35,36,37,38). The second kappa shape index (κ2) is 11.6. The molecule has 2 saturated heterocycles. The quantitative estimate of drug-likeness (QED) is 0.238. The summed E-state index contributed by atoms with van der Waals surface area (Å²) in [5.74, 6) is 1.08. The number of methoxy groups -OCH3 is 1. The molecule has 6 rings (SSSR count). The number of benzene rings is 2. The molecule has 2 aliphatic rings. The maximum absolute atomic E-state index is 12.3. The first-order valence-corrected chi connectivity index (χ1v) is 17.1. The number of halogens is 1. The highest BCUT2D eigenvalue weighted by Gasteiger charge is 2.52. The molecule has 2 aromatic heterocycles. The molecule has 0 radical (unpaired) electrons. The predicted octanol–water partition coefficient (Wildman–Crippen LogP) is 5.21. The van der Waals surface area contributed by atoms with Crippen LogP contribution in [0.3, 0.4) is 0 Å². The molecule has 2 aliphatic heterocycles. The lowest BCUT2D eigenvalue weighted by Gasteiger charge is -2.62. The molecule has 2 aromatic carbocycles. The lowest BCUT2D eigenvalue weighted by atomic mass is 9.72. The summed E-state index contributed by atoms with van der Waals surface area (Å²) in [5, 5.41) is 6.78. The number of aromatic nitrogens is 4. The van der Waals surface area contributed by atoms with Crippen LogP contribution in [0.25, 0.3) is 11.0 Å². The minimum absolute atomic E-state index is 0.226. The number of aryl methyl sites for hydroxylation is 1. The fraction of sp³-hybridized carbons (Fsp3) is 0.419. The first-order valence-electron chi connectivity index (χ1n) is 14.6. The average Bonchev–Trinajstić information content (AvgIpc) is 2.94. The predicted molar refractivity (Wildman–Crippen MR) is 175 cm³/mol. The van der Waals surface area contributed by atoms with Crippen LogP contribution >= 0.6 is 11.6 Å². The molecule has 0 unspecified atom stereocenters. The van der Waals surface area contributed by atoms with Crippen molar-refractivity contribution in [3.05, 3.63) is 59.0 Å². The number of anilines is 5. The van der Waals surface area contributed by atoms with E-state index >= 15 is 0 Å². The van der Waals surface area contributed by atoms with Crippen molar-refractivity contribution in [2.45, 2.75) is 39.0 Å². The van der Waals surface area contributed by atoms with E-state index in [1.165, 1.54) is 29.9 Å². The molecule has 0 amide bonds. The van der Waals surface area contributed by atoms with Gasteiger partial charge in [0.2, 0.25) is 5.95 Å². The topological polar surface area (TPSA) is 125 Å². The Kier molecular flexibility index (Phi) is 8.02. The maximum atomic E-state index is 12.3. The van der Waals surface area contributed by atoms with Gasteiger partial charge in [-0.05, 0) is 44.0 Å². The van der Waals surface area contributed by atoms with Crippen molar-refractivity contribution >= 4 is 61.3 Å². The Labute approximate surface area is 263 Å². The van der Waals surface area contributed by atoms with Crippen LogP contribution in [-0.4, -0.2) is 78.8 Å². The van der Waals surface area contributed by atoms with Crippen molar-refractivity contribution in [1.82, 2.24) is 24.8 Å². The molecule has 11 nitrogen and oxygen atoms in total. The third kappa shape index (κ3) is 5.98. The molecule has 0 aliphatic carbocycles. The molecular weight excluding hydrogens is 600 g/mol. The first-order chi connectivity index (χ1) is 21.0. The fourth-order valence-electron chi connectivity index (χ4n) is 6.15. The molecular formula is C31H37ClN8O3S. The Hall–Kier alpha value is -3.74. The molecule has 4 heterocycles. The van der Waals surface area contributed by atoms with Crippen LogP contribution in [0.2, 0.25) is 5.02 Å². The molecule has 0 atom stereocenters. The number of nitrogens with one attached hydrogen (secondary N) is 2. The molecule has 2 N–H and O–H groups in total. The first kappa shape index (κ1) is 30.3. The molecule has 2 fully saturated rings. The number of fused-ring (bicyclic) bond motifs is 1. The number of hydrogen-bond acceptors (Lipinski definition) is 11. The lowest BCUT2D eigenvalue weighted by molar-refractivity contribution is -0.0412. The van der Waals surface area contributed by atoms with Gasteiger partial charge in [-0.1, -0.05) is 18.5 Å². The third-order valence-corrected chi connectivity index (χ3v) is 9.47. The number of sulfone groups is 1. The van der Waals surface area contributed by atoms with Crippen LogP contribution < -0.4 is 20.3 Å². The van der Waals surface area contributed by atoms with Crippen LogP contribution in [0.15, 0.2) is 42.9 Å². The van der Waals surface area contributed by atoms with E-state index in [2.05, 4.69) is 73.3 Å². The maximum Gasteiger partial charge on any atom is 0.229 e. The van der Waals surface area contributed by atoms with Gasteiger partial charge in [0.05, 0.1) is 35.8 Å². The minimum Gasteiger partial charge on any atom is -0.494 e. The zero-order valence-corrected chi connectivity index (χ0v) is 27.1. The van der Waals surface area contributed by atoms with Crippen molar-refractivity contribution < 1.29 is 13.2 Å². The average molecular weight is 637 g/mol. The van der Waals surface area contributed by atoms with Gasteiger partial charge in [-0.25, -0.2) is 13.4 Å². The van der Waals surface area contributed by atoms with E-state index in [4.69, 9.17) is 16.3 Å². The highest BCUT2D eigenvalue weighted by molar-refractivity contribution is 7.89. The Bertz CT molecular complexity index is 1820. The summed E-state index contributed by atoms with van der Waals surface area (Å²) in [5.41, 5.74) is 5.63. The second-order valence-electron chi connectivity index (χ2n) is 12.1. The summed E-state index contributed by atoms with van der Waals surface area (Å²) in [6.45, 7) is 11.1. The van der Waals surface area contributed by atoms with E-state index in [-0.39, 0.29) is 10.8 Å². The Morgan fingerprint density at radius 2 is 1.80 bits per heavy atom. The summed E-state index contributed by atoms with van der Waals surface area (Å²) < 4.78 is 30.4. The lowest BCUT2D eigenvalue weighted by Crippen LogP contribution is -2.73. The van der Waals surface area contributed by atoms with Gasteiger partial charge in [-0.15, -0.1) is 0 Å². The van der Waals surface area contributed by atoms with Gasteiger partial charge < -0.3 is 20.3 Å².